The highest BCUT2D eigenvalue weighted by atomic mass is 35.5. The standard InChI is InChI=1S/C18H17Cl2N3O3S/c1-11(13-8-7-12(19)9-14(13)20)21-17(24)10-23-16-6-4-3-5-15(16)22-18(23)27(2,25)26/h3-9,11H,10H2,1-2H3,(H,21,24). The fraction of sp³-hybridized carbons (Fsp3) is 0.222. The Morgan fingerprint density at radius 2 is 1.93 bits per heavy atom. The molecule has 0 saturated heterocycles. The van der Waals surface area contributed by atoms with Crippen molar-refractivity contribution in [3.63, 3.8) is 0 Å². The van der Waals surface area contributed by atoms with E-state index >= 15 is 0 Å². The highest BCUT2D eigenvalue weighted by Crippen LogP contribution is 2.26. The van der Waals surface area contributed by atoms with Gasteiger partial charge in [-0.1, -0.05) is 41.4 Å². The largest absolute Gasteiger partial charge is 0.348 e. The molecule has 6 nitrogen and oxygen atoms in total. The highest BCUT2D eigenvalue weighted by molar-refractivity contribution is 7.90. The van der Waals surface area contributed by atoms with Gasteiger partial charge in [-0.15, -0.1) is 0 Å². The van der Waals surface area contributed by atoms with E-state index in [4.69, 9.17) is 23.2 Å². The Balaban J connectivity index is 1.88. The van der Waals surface area contributed by atoms with Crippen LogP contribution >= 0.6 is 23.2 Å². The fourth-order valence-electron chi connectivity index (χ4n) is 2.85. The molecule has 0 aliphatic carbocycles. The molecule has 0 aliphatic rings. The number of para-hydroxylation sites is 2. The number of nitrogens with zero attached hydrogens (tertiary/aromatic N) is 2. The van der Waals surface area contributed by atoms with Crippen LogP contribution in [0, 0.1) is 0 Å². The number of carbonyl (C=O) groups is 1. The fourth-order valence-corrected chi connectivity index (χ4v) is 4.25. The van der Waals surface area contributed by atoms with Crippen molar-refractivity contribution in [2.45, 2.75) is 24.7 Å². The van der Waals surface area contributed by atoms with Crippen LogP contribution in [-0.2, 0) is 21.2 Å². The van der Waals surface area contributed by atoms with Crippen molar-refractivity contribution in [3.05, 3.63) is 58.1 Å². The van der Waals surface area contributed by atoms with Gasteiger partial charge in [0.1, 0.15) is 6.54 Å². The van der Waals surface area contributed by atoms with Crippen molar-refractivity contribution in [2.24, 2.45) is 0 Å². The smallest absolute Gasteiger partial charge is 0.240 e. The first-order valence-corrected chi connectivity index (χ1v) is 10.7. The number of halogens is 2. The molecule has 142 valence electrons. The zero-order chi connectivity index (χ0) is 19.8. The number of imidazole rings is 1. The van der Waals surface area contributed by atoms with Gasteiger partial charge in [0.05, 0.1) is 17.1 Å². The summed E-state index contributed by atoms with van der Waals surface area (Å²) in [5, 5.41) is 3.63. The second kappa shape index (κ2) is 7.50. The Morgan fingerprint density at radius 1 is 1.22 bits per heavy atom. The van der Waals surface area contributed by atoms with E-state index in [0.717, 1.165) is 6.26 Å². The van der Waals surface area contributed by atoms with Gasteiger partial charge in [0, 0.05) is 16.3 Å². The minimum absolute atomic E-state index is 0.143. The van der Waals surface area contributed by atoms with Gasteiger partial charge in [-0.05, 0) is 36.8 Å². The molecule has 1 amide bonds. The van der Waals surface area contributed by atoms with Crippen LogP contribution in [0.5, 0.6) is 0 Å². The van der Waals surface area contributed by atoms with E-state index in [1.165, 1.54) is 4.57 Å². The third kappa shape index (κ3) is 4.26. The maximum Gasteiger partial charge on any atom is 0.240 e. The first-order valence-electron chi connectivity index (χ1n) is 8.06. The summed E-state index contributed by atoms with van der Waals surface area (Å²) in [6.07, 6.45) is 1.07. The monoisotopic (exact) mass is 425 g/mol. The van der Waals surface area contributed by atoms with Crippen LogP contribution in [0.3, 0.4) is 0 Å². The van der Waals surface area contributed by atoms with E-state index in [-0.39, 0.29) is 23.7 Å². The molecule has 0 fully saturated rings. The summed E-state index contributed by atoms with van der Waals surface area (Å²) in [5.74, 6) is -0.360. The Morgan fingerprint density at radius 3 is 2.59 bits per heavy atom. The van der Waals surface area contributed by atoms with Crippen LogP contribution < -0.4 is 5.32 Å². The molecule has 27 heavy (non-hydrogen) atoms. The summed E-state index contributed by atoms with van der Waals surface area (Å²) < 4.78 is 25.6. The molecule has 9 heteroatoms. The molecule has 0 aliphatic heterocycles. The number of fused-ring (bicyclic) bond motifs is 1. The van der Waals surface area contributed by atoms with Gasteiger partial charge in [0.2, 0.25) is 20.9 Å². The van der Waals surface area contributed by atoms with Gasteiger partial charge in [-0.3, -0.25) is 4.79 Å². The summed E-state index contributed by atoms with van der Waals surface area (Å²) in [4.78, 5) is 16.7. The Hall–Kier alpha value is -2.09. The summed E-state index contributed by atoms with van der Waals surface area (Å²) in [6.45, 7) is 1.61. The van der Waals surface area contributed by atoms with Crippen LogP contribution in [0.15, 0.2) is 47.6 Å². The first-order chi connectivity index (χ1) is 12.7. The van der Waals surface area contributed by atoms with Crippen molar-refractivity contribution in [3.8, 4) is 0 Å². The molecule has 3 aromatic rings. The number of amides is 1. The minimum atomic E-state index is -3.60. The van der Waals surface area contributed by atoms with Crippen molar-refractivity contribution >= 4 is 50.0 Å². The second-order valence-electron chi connectivity index (χ2n) is 6.20. The predicted octanol–water partition coefficient (Wildman–Crippen LogP) is 3.62. The molecule has 1 N–H and O–H groups in total. The average molecular weight is 426 g/mol. The Bertz CT molecular complexity index is 1130. The third-order valence-corrected chi connectivity index (χ3v) is 5.60. The number of rotatable bonds is 5. The average Bonchev–Trinajstić information content (AvgIpc) is 2.93. The molecule has 1 atom stereocenters. The van der Waals surface area contributed by atoms with E-state index in [0.29, 0.717) is 26.6 Å². The number of sulfone groups is 1. The van der Waals surface area contributed by atoms with Crippen molar-refractivity contribution in [1.29, 1.82) is 0 Å². The lowest BCUT2D eigenvalue weighted by Crippen LogP contribution is -2.31. The van der Waals surface area contributed by atoms with E-state index in [9.17, 15) is 13.2 Å². The van der Waals surface area contributed by atoms with E-state index in [1.807, 2.05) is 0 Å². The highest BCUT2D eigenvalue weighted by Gasteiger charge is 2.22. The second-order valence-corrected chi connectivity index (χ2v) is 8.95. The number of aromatic nitrogens is 2. The van der Waals surface area contributed by atoms with Crippen molar-refractivity contribution < 1.29 is 13.2 Å². The zero-order valence-corrected chi connectivity index (χ0v) is 16.9. The van der Waals surface area contributed by atoms with Crippen LogP contribution in [-0.4, -0.2) is 30.1 Å². The molecular weight excluding hydrogens is 409 g/mol. The van der Waals surface area contributed by atoms with Gasteiger partial charge < -0.3 is 9.88 Å². The number of hydrogen-bond acceptors (Lipinski definition) is 4. The quantitative estimate of drug-likeness (QED) is 0.676. The maximum absolute atomic E-state index is 12.6. The Labute approximate surface area is 167 Å². The molecule has 0 bridgehead atoms. The zero-order valence-electron chi connectivity index (χ0n) is 14.6. The lowest BCUT2D eigenvalue weighted by molar-refractivity contribution is -0.122. The van der Waals surface area contributed by atoms with Gasteiger partial charge >= 0.3 is 0 Å². The summed E-state index contributed by atoms with van der Waals surface area (Å²) >= 11 is 12.1. The number of benzene rings is 2. The summed E-state index contributed by atoms with van der Waals surface area (Å²) in [5.41, 5.74) is 1.80. The molecule has 2 aromatic carbocycles. The van der Waals surface area contributed by atoms with Crippen LogP contribution in [0.2, 0.25) is 10.0 Å². The van der Waals surface area contributed by atoms with Crippen molar-refractivity contribution in [2.75, 3.05) is 6.26 Å². The number of hydrogen-bond donors (Lipinski definition) is 1. The summed E-state index contributed by atoms with van der Waals surface area (Å²) in [7, 11) is -3.60. The molecule has 0 radical (unpaired) electrons. The lowest BCUT2D eigenvalue weighted by atomic mass is 10.1. The molecule has 1 aromatic heterocycles. The van der Waals surface area contributed by atoms with E-state index < -0.39 is 9.84 Å². The number of carbonyl (C=O) groups excluding carboxylic acids is 1. The molecule has 3 rings (SSSR count). The third-order valence-electron chi connectivity index (χ3n) is 4.06. The lowest BCUT2D eigenvalue weighted by Gasteiger charge is -2.17. The van der Waals surface area contributed by atoms with E-state index in [2.05, 4.69) is 10.3 Å². The van der Waals surface area contributed by atoms with Crippen LogP contribution in [0.1, 0.15) is 18.5 Å². The molecule has 0 spiro atoms. The maximum atomic E-state index is 12.6. The molecule has 0 saturated carbocycles. The molecule has 1 heterocycles. The first kappa shape index (κ1) is 19.7. The topological polar surface area (TPSA) is 81.1 Å². The van der Waals surface area contributed by atoms with E-state index in [1.54, 1.807) is 49.4 Å². The predicted molar refractivity (Wildman–Crippen MR) is 106 cm³/mol. The van der Waals surface area contributed by atoms with Gasteiger partial charge in [0.15, 0.2) is 0 Å². The Kier molecular flexibility index (Phi) is 5.46. The van der Waals surface area contributed by atoms with Gasteiger partial charge in [-0.25, -0.2) is 13.4 Å². The number of nitrogens with one attached hydrogen (secondary N) is 1. The SMILES string of the molecule is CC(NC(=O)Cn1c(S(C)(=O)=O)nc2ccccc21)c1ccc(Cl)cc1Cl. The minimum Gasteiger partial charge on any atom is -0.348 e. The van der Waals surface area contributed by atoms with Crippen molar-refractivity contribution in [1.82, 2.24) is 14.9 Å². The van der Waals surface area contributed by atoms with Crippen LogP contribution in [0.25, 0.3) is 11.0 Å². The molecular formula is C18H17Cl2N3O3S. The van der Waals surface area contributed by atoms with Crippen LogP contribution in [0.4, 0.5) is 0 Å². The molecule has 1 unspecified atom stereocenters. The summed E-state index contributed by atoms with van der Waals surface area (Å²) in [6, 6.07) is 11.6. The van der Waals surface area contributed by atoms with Gasteiger partial charge in [0.25, 0.3) is 0 Å². The van der Waals surface area contributed by atoms with Gasteiger partial charge in [-0.2, -0.15) is 0 Å². The normalized spacial score (nSPS) is 12.9.